The van der Waals surface area contributed by atoms with E-state index in [1.807, 2.05) is 18.2 Å². The maximum Gasteiger partial charge on any atom is 0.0713 e. The van der Waals surface area contributed by atoms with Gasteiger partial charge in [0.05, 0.1) is 11.4 Å². The number of anilines is 6. The molecule has 166 valence electrons. The summed E-state index contributed by atoms with van der Waals surface area (Å²) in [5.74, 6) is 0. The lowest BCUT2D eigenvalue weighted by molar-refractivity contribution is 1.22. The average molecular weight is 570 g/mol. The second-order valence-electron chi connectivity index (χ2n) is 7.79. The molecule has 0 N–H and O–H groups in total. The normalized spacial score (nSPS) is 10.6. The molecule has 0 bridgehead atoms. The highest BCUT2D eigenvalue weighted by atomic mass is 79.9. The highest BCUT2D eigenvalue weighted by Gasteiger charge is 2.22. The summed E-state index contributed by atoms with van der Waals surface area (Å²) in [6.07, 6.45) is 0. The topological polar surface area (TPSA) is 6.48 Å². The van der Waals surface area contributed by atoms with Crippen LogP contribution in [0, 0.1) is 0 Å². The zero-order valence-corrected chi connectivity index (χ0v) is 21.5. The van der Waals surface area contributed by atoms with Crippen molar-refractivity contribution in [3.63, 3.8) is 0 Å². The monoisotopic (exact) mass is 568 g/mol. The number of rotatable bonds is 6. The first-order chi connectivity index (χ1) is 16.7. The van der Waals surface area contributed by atoms with Gasteiger partial charge in [-0.1, -0.05) is 86.5 Å². The number of benzene rings is 5. The minimum absolute atomic E-state index is 1.02. The molecule has 0 spiro atoms. The number of nitrogens with zero attached hydrogens (tertiary/aromatic N) is 2. The maximum absolute atomic E-state index is 3.73. The van der Waals surface area contributed by atoms with Gasteiger partial charge in [0.15, 0.2) is 0 Å². The molecular formula is C30H22Br2N2. The van der Waals surface area contributed by atoms with Gasteiger partial charge in [-0.2, -0.15) is 0 Å². The van der Waals surface area contributed by atoms with Crippen molar-refractivity contribution in [1.29, 1.82) is 0 Å². The molecule has 0 aromatic heterocycles. The Labute approximate surface area is 217 Å². The van der Waals surface area contributed by atoms with Crippen LogP contribution in [0.25, 0.3) is 0 Å². The fourth-order valence-corrected chi connectivity index (χ4v) is 4.65. The van der Waals surface area contributed by atoms with Crippen LogP contribution < -0.4 is 9.80 Å². The van der Waals surface area contributed by atoms with Gasteiger partial charge >= 0.3 is 0 Å². The van der Waals surface area contributed by atoms with E-state index in [4.69, 9.17) is 0 Å². The first-order valence-electron chi connectivity index (χ1n) is 11.0. The SMILES string of the molecule is Brc1ccc(N(c2ccccc2)c2cc(Br)ccc2N(c2ccccc2)c2ccccc2)cc1. The standard InChI is InChI=1S/C30H22Br2N2/c31-23-16-19-28(20-17-23)34(27-14-8-3-9-15-27)30-22-24(32)18-21-29(30)33(25-10-4-1-5-11-25)26-12-6-2-7-13-26/h1-22H. The fourth-order valence-electron chi connectivity index (χ4n) is 4.04. The predicted octanol–water partition coefficient (Wildman–Crippen LogP) is 10.2. The zero-order chi connectivity index (χ0) is 23.3. The molecule has 0 aliphatic heterocycles. The largest absolute Gasteiger partial charge is 0.308 e. The van der Waals surface area contributed by atoms with Crippen molar-refractivity contribution in [2.75, 3.05) is 9.80 Å². The Morgan fingerprint density at radius 1 is 0.353 bits per heavy atom. The Kier molecular flexibility index (Phi) is 6.79. The van der Waals surface area contributed by atoms with Crippen molar-refractivity contribution in [3.8, 4) is 0 Å². The first kappa shape index (κ1) is 22.5. The molecule has 34 heavy (non-hydrogen) atoms. The van der Waals surface area contributed by atoms with Crippen LogP contribution in [0.2, 0.25) is 0 Å². The van der Waals surface area contributed by atoms with Crippen molar-refractivity contribution in [3.05, 3.63) is 142 Å². The van der Waals surface area contributed by atoms with Gasteiger partial charge in [-0.15, -0.1) is 0 Å². The summed E-state index contributed by atoms with van der Waals surface area (Å²) in [5, 5.41) is 0. The summed E-state index contributed by atoms with van der Waals surface area (Å²) in [6, 6.07) is 46.3. The molecule has 0 aliphatic carbocycles. The third-order valence-corrected chi connectivity index (χ3v) is 6.57. The Bertz CT molecular complexity index is 1320. The summed E-state index contributed by atoms with van der Waals surface area (Å²) in [6.45, 7) is 0. The van der Waals surface area contributed by atoms with E-state index in [1.54, 1.807) is 0 Å². The minimum Gasteiger partial charge on any atom is -0.308 e. The van der Waals surface area contributed by atoms with Gasteiger partial charge < -0.3 is 9.80 Å². The van der Waals surface area contributed by atoms with Crippen molar-refractivity contribution < 1.29 is 0 Å². The molecule has 0 unspecified atom stereocenters. The smallest absolute Gasteiger partial charge is 0.0713 e. The van der Waals surface area contributed by atoms with E-state index >= 15 is 0 Å². The Hall–Kier alpha value is -3.34. The van der Waals surface area contributed by atoms with Crippen LogP contribution in [0.1, 0.15) is 0 Å². The quantitative estimate of drug-likeness (QED) is 0.201. The molecule has 5 aromatic carbocycles. The van der Waals surface area contributed by atoms with E-state index < -0.39 is 0 Å². The number of hydrogen-bond acceptors (Lipinski definition) is 2. The van der Waals surface area contributed by atoms with Crippen molar-refractivity contribution >= 4 is 66.0 Å². The van der Waals surface area contributed by atoms with Crippen molar-refractivity contribution in [1.82, 2.24) is 0 Å². The van der Waals surface area contributed by atoms with E-state index in [-0.39, 0.29) is 0 Å². The lowest BCUT2D eigenvalue weighted by atomic mass is 10.1. The van der Waals surface area contributed by atoms with Crippen LogP contribution in [0.15, 0.2) is 142 Å². The molecule has 0 amide bonds. The van der Waals surface area contributed by atoms with Crippen LogP contribution in [-0.4, -0.2) is 0 Å². The van der Waals surface area contributed by atoms with Crippen LogP contribution in [0.3, 0.4) is 0 Å². The van der Waals surface area contributed by atoms with Crippen LogP contribution >= 0.6 is 31.9 Å². The van der Waals surface area contributed by atoms with E-state index in [0.717, 1.165) is 43.1 Å². The number of para-hydroxylation sites is 3. The molecule has 5 rings (SSSR count). The second-order valence-corrected chi connectivity index (χ2v) is 9.62. The molecule has 0 fully saturated rings. The molecule has 0 radical (unpaired) electrons. The minimum atomic E-state index is 1.02. The summed E-state index contributed by atoms with van der Waals surface area (Å²) < 4.78 is 2.07. The van der Waals surface area contributed by atoms with Gasteiger partial charge in [0.25, 0.3) is 0 Å². The highest BCUT2D eigenvalue weighted by Crippen LogP contribution is 2.46. The van der Waals surface area contributed by atoms with Gasteiger partial charge in [0.2, 0.25) is 0 Å². The lowest BCUT2D eigenvalue weighted by Gasteiger charge is -2.33. The maximum atomic E-state index is 3.73. The summed E-state index contributed by atoms with van der Waals surface area (Å²) in [5.41, 5.74) is 6.50. The van der Waals surface area contributed by atoms with E-state index in [0.29, 0.717) is 0 Å². The third kappa shape index (κ3) is 4.79. The zero-order valence-electron chi connectivity index (χ0n) is 18.4. The summed E-state index contributed by atoms with van der Waals surface area (Å²) in [4.78, 5) is 4.60. The van der Waals surface area contributed by atoms with E-state index in [1.165, 1.54) is 0 Å². The molecule has 0 atom stereocenters. The molecule has 0 saturated heterocycles. The van der Waals surface area contributed by atoms with E-state index in [9.17, 15) is 0 Å². The van der Waals surface area contributed by atoms with Crippen molar-refractivity contribution in [2.24, 2.45) is 0 Å². The van der Waals surface area contributed by atoms with Gasteiger partial charge in [-0.05, 0) is 78.9 Å². The first-order valence-corrected chi connectivity index (χ1v) is 12.6. The van der Waals surface area contributed by atoms with Crippen LogP contribution in [-0.2, 0) is 0 Å². The number of hydrogen-bond donors (Lipinski definition) is 0. The molecular weight excluding hydrogens is 548 g/mol. The molecule has 0 aliphatic rings. The van der Waals surface area contributed by atoms with Crippen molar-refractivity contribution in [2.45, 2.75) is 0 Å². The van der Waals surface area contributed by atoms with E-state index in [2.05, 4.69) is 157 Å². The Morgan fingerprint density at radius 3 is 1.21 bits per heavy atom. The Balaban J connectivity index is 1.77. The summed E-state index contributed by atoms with van der Waals surface area (Å²) in [7, 11) is 0. The molecule has 2 nitrogen and oxygen atoms in total. The average Bonchev–Trinajstić information content (AvgIpc) is 2.89. The predicted molar refractivity (Wildman–Crippen MR) is 151 cm³/mol. The molecule has 5 aromatic rings. The van der Waals surface area contributed by atoms with Gasteiger partial charge in [0, 0.05) is 31.7 Å². The molecule has 0 heterocycles. The molecule has 4 heteroatoms. The third-order valence-electron chi connectivity index (χ3n) is 5.55. The Morgan fingerprint density at radius 2 is 0.735 bits per heavy atom. The van der Waals surface area contributed by atoms with Crippen LogP contribution in [0.5, 0.6) is 0 Å². The summed E-state index contributed by atoms with van der Waals surface area (Å²) >= 11 is 7.31. The van der Waals surface area contributed by atoms with Gasteiger partial charge in [0.1, 0.15) is 0 Å². The molecule has 0 saturated carbocycles. The lowest BCUT2D eigenvalue weighted by Crippen LogP contribution is -2.17. The van der Waals surface area contributed by atoms with Crippen LogP contribution in [0.4, 0.5) is 34.1 Å². The van der Waals surface area contributed by atoms with Gasteiger partial charge in [-0.3, -0.25) is 0 Å². The van der Waals surface area contributed by atoms with Gasteiger partial charge in [-0.25, -0.2) is 0 Å². The fraction of sp³-hybridized carbons (Fsp3) is 0. The second kappa shape index (κ2) is 10.3. The number of halogens is 2. The highest BCUT2D eigenvalue weighted by molar-refractivity contribution is 9.10.